The molecule has 1 aromatic carbocycles. The van der Waals surface area contributed by atoms with E-state index in [9.17, 15) is 4.39 Å². The lowest BCUT2D eigenvalue weighted by Crippen LogP contribution is -2.45. The van der Waals surface area contributed by atoms with Crippen molar-refractivity contribution in [3.8, 4) is 5.75 Å². The summed E-state index contributed by atoms with van der Waals surface area (Å²) in [4.78, 5) is 3.50. The Balaban J connectivity index is 1.98. The summed E-state index contributed by atoms with van der Waals surface area (Å²) in [7, 11) is 1.48. The molecular formula is C16H18ClFN2OS. The Labute approximate surface area is 138 Å². The van der Waals surface area contributed by atoms with Crippen molar-refractivity contribution < 1.29 is 9.13 Å². The molecule has 0 saturated carbocycles. The summed E-state index contributed by atoms with van der Waals surface area (Å²) >= 11 is 7.65. The Morgan fingerprint density at radius 1 is 1.27 bits per heavy atom. The van der Waals surface area contributed by atoms with Crippen molar-refractivity contribution in [3.05, 3.63) is 50.9 Å². The molecule has 2 heterocycles. The molecule has 1 aliphatic rings. The van der Waals surface area contributed by atoms with E-state index in [1.807, 2.05) is 18.2 Å². The number of methoxy groups -OCH3 is 1. The smallest absolute Gasteiger partial charge is 0.165 e. The van der Waals surface area contributed by atoms with Gasteiger partial charge in [-0.05, 0) is 29.8 Å². The molecule has 3 nitrogen and oxygen atoms in total. The third-order valence-corrected chi connectivity index (χ3v) is 5.16. The summed E-state index contributed by atoms with van der Waals surface area (Å²) in [6.45, 7) is 3.73. The Morgan fingerprint density at radius 3 is 2.64 bits per heavy atom. The first-order valence-corrected chi connectivity index (χ1v) is 8.42. The van der Waals surface area contributed by atoms with Gasteiger partial charge in [-0.15, -0.1) is 11.3 Å². The number of nitrogens with one attached hydrogen (secondary N) is 1. The lowest BCUT2D eigenvalue weighted by molar-refractivity contribution is 0.200. The number of piperazine rings is 1. The van der Waals surface area contributed by atoms with E-state index in [2.05, 4.69) is 10.2 Å². The maximum absolute atomic E-state index is 14.1. The minimum Gasteiger partial charge on any atom is -0.494 e. The Kier molecular flexibility index (Phi) is 4.98. The second-order valence-corrected chi connectivity index (χ2v) is 6.97. The molecule has 3 rings (SSSR count). The largest absolute Gasteiger partial charge is 0.494 e. The number of halogens is 2. The zero-order valence-corrected chi connectivity index (χ0v) is 13.9. The first-order chi connectivity index (χ1) is 10.7. The molecule has 1 atom stereocenters. The number of benzene rings is 1. The van der Waals surface area contributed by atoms with Crippen LogP contribution in [0, 0.1) is 5.82 Å². The van der Waals surface area contributed by atoms with Crippen molar-refractivity contribution in [3.63, 3.8) is 0 Å². The molecule has 0 amide bonds. The van der Waals surface area contributed by atoms with Gasteiger partial charge in [-0.3, -0.25) is 4.90 Å². The predicted molar refractivity (Wildman–Crippen MR) is 88.6 cm³/mol. The number of nitrogens with zero attached hydrogens (tertiary/aromatic N) is 1. The van der Waals surface area contributed by atoms with Gasteiger partial charge in [0.15, 0.2) is 11.6 Å². The highest BCUT2D eigenvalue weighted by Crippen LogP contribution is 2.36. The molecule has 1 aromatic heterocycles. The van der Waals surface area contributed by atoms with Gasteiger partial charge in [-0.2, -0.15) is 0 Å². The van der Waals surface area contributed by atoms with Crippen LogP contribution in [-0.2, 0) is 0 Å². The van der Waals surface area contributed by atoms with Crippen molar-refractivity contribution in [1.29, 1.82) is 0 Å². The Morgan fingerprint density at radius 2 is 2.05 bits per heavy atom. The highest BCUT2D eigenvalue weighted by molar-refractivity contribution is 7.16. The topological polar surface area (TPSA) is 24.5 Å². The van der Waals surface area contributed by atoms with Crippen molar-refractivity contribution in [2.75, 3.05) is 33.3 Å². The van der Waals surface area contributed by atoms with Crippen LogP contribution >= 0.6 is 22.9 Å². The van der Waals surface area contributed by atoms with Gasteiger partial charge in [-0.1, -0.05) is 17.7 Å². The summed E-state index contributed by atoms with van der Waals surface area (Å²) in [6.07, 6.45) is 0. The minimum absolute atomic E-state index is 0.0278. The van der Waals surface area contributed by atoms with Gasteiger partial charge < -0.3 is 10.1 Å². The lowest BCUT2D eigenvalue weighted by atomic mass is 10.0. The summed E-state index contributed by atoms with van der Waals surface area (Å²) in [5.74, 6) is -0.0604. The van der Waals surface area contributed by atoms with Gasteiger partial charge in [0.05, 0.1) is 17.5 Å². The van der Waals surface area contributed by atoms with Gasteiger partial charge in [-0.25, -0.2) is 4.39 Å². The fourth-order valence-corrected chi connectivity index (χ4v) is 4.05. The third kappa shape index (κ3) is 3.27. The van der Waals surface area contributed by atoms with E-state index in [0.717, 1.165) is 41.0 Å². The zero-order valence-electron chi connectivity index (χ0n) is 12.3. The summed E-state index contributed by atoms with van der Waals surface area (Å²) in [5, 5.41) is 3.35. The quantitative estimate of drug-likeness (QED) is 0.921. The first-order valence-electron chi connectivity index (χ1n) is 7.22. The molecule has 0 radical (unpaired) electrons. The molecule has 0 aliphatic carbocycles. The highest BCUT2D eigenvalue weighted by Gasteiger charge is 2.26. The van der Waals surface area contributed by atoms with Gasteiger partial charge in [0.2, 0.25) is 0 Å². The molecule has 0 unspecified atom stereocenters. The SMILES string of the molecule is COc1ccc([C@H](c2ccc(Cl)s2)N2CCNCC2)cc1F. The van der Waals surface area contributed by atoms with Crippen LogP contribution in [0.3, 0.4) is 0 Å². The summed E-state index contributed by atoms with van der Waals surface area (Å²) in [5.41, 5.74) is 0.929. The normalized spacial score (nSPS) is 17.4. The van der Waals surface area contributed by atoms with Crippen LogP contribution in [0.15, 0.2) is 30.3 Å². The molecule has 1 fully saturated rings. The van der Waals surface area contributed by atoms with Crippen molar-refractivity contribution in [2.24, 2.45) is 0 Å². The fourth-order valence-electron chi connectivity index (χ4n) is 2.82. The van der Waals surface area contributed by atoms with E-state index in [-0.39, 0.29) is 17.6 Å². The fraction of sp³-hybridized carbons (Fsp3) is 0.375. The number of hydrogen-bond acceptors (Lipinski definition) is 4. The monoisotopic (exact) mass is 340 g/mol. The van der Waals surface area contributed by atoms with Crippen molar-refractivity contribution in [1.82, 2.24) is 10.2 Å². The average molecular weight is 341 g/mol. The molecule has 2 aromatic rings. The zero-order chi connectivity index (χ0) is 15.5. The van der Waals surface area contributed by atoms with Crippen LogP contribution < -0.4 is 10.1 Å². The molecule has 1 saturated heterocycles. The summed E-state index contributed by atoms with van der Waals surface area (Å²) in [6, 6.07) is 9.15. The number of thiophene rings is 1. The maximum Gasteiger partial charge on any atom is 0.165 e. The Bertz CT molecular complexity index is 643. The van der Waals surface area contributed by atoms with Crippen LogP contribution in [0.5, 0.6) is 5.75 Å². The molecular weight excluding hydrogens is 323 g/mol. The number of hydrogen-bond donors (Lipinski definition) is 1. The second kappa shape index (κ2) is 6.96. The van der Waals surface area contributed by atoms with E-state index in [1.165, 1.54) is 7.11 Å². The molecule has 0 bridgehead atoms. The van der Waals surface area contributed by atoms with Crippen LogP contribution in [-0.4, -0.2) is 38.2 Å². The van der Waals surface area contributed by atoms with E-state index < -0.39 is 0 Å². The van der Waals surface area contributed by atoms with Crippen molar-refractivity contribution in [2.45, 2.75) is 6.04 Å². The molecule has 6 heteroatoms. The van der Waals surface area contributed by atoms with Crippen LogP contribution in [0.2, 0.25) is 4.34 Å². The molecule has 0 spiro atoms. The standard InChI is InChI=1S/C16H18ClFN2OS/c1-21-13-3-2-11(10-12(13)18)16(14-4-5-15(17)22-14)20-8-6-19-7-9-20/h2-5,10,16,19H,6-9H2,1H3/t16-/m1/s1. The van der Waals surface area contributed by atoms with Crippen LogP contribution in [0.25, 0.3) is 0 Å². The molecule has 1 aliphatic heterocycles. The van der Waals surface area contributed by atoms with Crippen molar-refractivity contribution >= 4 is 22.9 Å². The maximum atomic E-state index is 14.1. The lowest BCUT2D eigenvalue weighted by Gasteiger charge is -2.34. The highest BCUT2D eigenvalue weighted by atomic mass is 35.5. The first kappa shape index (κ1) is 15.7. The molecule has 118 valence electrons. The molecule has 22 heavy (non-hydrogen) atoms. The molecule has 1 N–H and O–H groups in total. The summed E-state index contributed by atoms with van der Waals surface area (Å²) < 4.78 is 19.9. The van der Waals surface area contributed by atoms with Gasteiger partial charge in [0, 0.05) is 31.1 Å². The van der Waals surface area contributed by atoms with Gasteiger partial charge in [0.1, 0.15) is 0 Å². The number of ether oxygens (including phenoxy) is 1. The van der Waals surface area contributed by atoms with E-state index in [1.54, 1.807) is 23.5 Å². The minimum atomic E-state index is -0.331. The Hall–Kier alpha value is -1.14. The van der Waals surface area contributed by atoms with Crippen LogP contribution in [0.4, 0.5) is 4.39 Å². The van der Waals surface area contributed by atoms with Crippen LogP contribution in [0.1, 0.15) is 16.5 Å². The predicted octanol–water partition coefficient (Wildman–Crippen LogP) is 3.54. The van der Waals surface area contributed by atoms with E-state index >= 15 is 0 Å². The van der Waals surface area contributed by atoms with Gasteiger partial charge in [0.25, 0.3) is 0 Å². The van der Waals surface area contributed by atoms with E-state index in [4.69, 9.17) is 16.3 Å². The van der Waals surface area contributed by atoms with Gasteiger partial charge >= 0.3 is 0 Å². The second-order valence-electron chi connectivity index (χ2n) is 5.22. The average Bonchev–Trinajstić information content (AvgIpc) is 2.95. The van der Waals surface area contributed by atoms with E-state index in [0.29, 0.717) is 0 Å². The number of rotatable bonds is 4. The third-order valence-electron chi connectivity index (χ3n) is 3.87.